The second kappa shape index (κ2) is 4.98. The Morgan fingerprint density at radius 2 is 2.25 bits per heavy atom. The van der Waals surface area contributed by atoms with Gasteiger partial charge in [0.2, 0.25) is 0 Å². The zero-order valence-electron chi connectivity index (χ0n) is 11.0. The normalized spacial score (nSPS) is 11.5. The van der Waals surface area contributed by atoms with Gasteiger partial charge in [-0.05, 0) is 42.3 Å². The second-order valence-corrected chi connectivity index (χ2v) is 4.56. The van der Waals surface area contributed by atoms with Crippen molar-refractivity contribution < 1.29 is 0 Å². The lowest BCUT2D eigenvalue weighted by atomic mass is 10.2. The fourth-order valence-electron chi connectivity index (χ4n) is 2.03. The van der Waals surface area contributed by atoms with Crippen LogP contribution in [0.15, 0.2) is 42.7 Å². The molecule has 0 amide bonds. The summed E-state index contributed by atoms with van der Waals surface area (Å²) >= 11 is 0. The van der Waals surface area contributed by atoms with Crippen molar-refractivity contribution in [2.75, 3.05) is 0 Å². The number of hydrogen-bond acceptors (Lipinski definition) is 3. The molecule has 3 aromatic rings. The van der Waals surface area contributed by atoms with Crippen LogP contribution in [0, 0.1) is 18.3 Å². The minimum atomic E-state index is 0.492. The molecule has 2 aromatic heterocycles. The zero-order chi connectivity index (χ0) is 13.9. The van der Waals surface area contributed by atoms with Crippen LogP contribution in [0.25, 0.3) is 22.7 Å². The van der Waals surface area contributed by atoms with Crippen molar-refractivity contribution in [1.82, 2.24) is 15.0 Å². The predicted molar refractivity (Wildman–Crippen MR) is 78.6 cm³/mol. The van der Waals surface area contributed by atoms with Gasteiger partial charge in [-0.3, -0.25) is 4.98 Å². The summed E-state index contributed by atoms with van der Waals surface area (Å²) < 4.78 is 0. The van der Waals surface area contributed by atoms with Crippen LogP contribution < -0.4 is 0 Å². The van der Waals surface area contributed by atoms with Gasteiger partial charge in [0.1, 0.15) is 11.9 Å². The van der Waals surface area contributed by atoms with Gasteiger partial charge in [0.15, 0.2) is 0 Å². The van der Waals surface area contributed by atoms with Crippen molar-refractivity contribution >= 4 is 22.7 Å². The Morgan fingerprint density at radius 3 is 3.00 bits per heavy atom. The van der Waals surface area contributed by atoms with E-state index in [1.807, 2.05) is 37.3 Å². The van der Waals surface area contributed by atoms with Crippen LogP contribution in [0.4, 0.5) is 0 Å². The van der Waals surface area contributed by atoms with E-state index < -0.39 is 0 Å². The maximum Gasteiger partial charge on any atom is 0.149 e. The van der Waals surface area contributed by atoms with Crippen molar-refractivity contribution in [3.8, 4) is 6.07 Å². The number of aryl methyl sites for hydroxylation is 1. The van der Waals surface area contributed by atoms with Gasteiger partial charge in [-0.2, -0.15) is 5.26 Å². The van der Waals surface area contributed by atoms with Crippen LogP contribution in [0.5, 0.6) is 0 Å². The molecule has 0 unspecified atom stereocenters. The van der Waals surface area contributed by atoms with Gasteiger partial charge >= 0.3 is 0 Å². The van der Waals surface area contributed by atoms with E-state index in [1.165, 1.54) is 0 Å². The minimum absolute atomic E-state index is 0.492. The van der Waals surface area contributed by atoms with E-state index in [1.54, 1.807) is 18.5 Å². The number of nitrogens with zero attached hydrogens (tertiary/aromatic N) is 3. The average molecular weight is 260 g/mol. The number of allylic oxidation sites excluding steroid dienone is 1. The first-order valence-corrected chi connectivity index (χ1v) is 6.25. The quantitative estimate of drug-likeness (QED) is 0.719. The molecule has 0 aliphatic heterocycles. The monoisotopic (exact) mass is 260 g/mol. The third-order valence-corrected chi connectivity index (χ3v) is 3.01. The molecule has 0 bridgehead atoms. The number of imidazole rings is 1. The number of rotatable bonds is 2. The summed E-state index contributed by atoms with van der Waals surface area (Å²) in [5.74, 6) is 0.581. The first kappa shape index (κ1) is 12.1. The van der Waals surface area contributed by atoms with Gasteiger partial charge < -0.3 is 4.98 Å². The highest BCUT2D eigenvalue weighted by Gasteiger charge is 2.07. The molecule has 20 heavy (non-hydrogen) atoms. The van der Waals surface area contributed by atoms with Gasteiger partial charge in [-0.1, -0.05) is 12.1 Å². The molecule has 0 saturated carbocycles. The van der Waals surface area contributed by atoms with Crippen LogP contribution in [-0.4, -0.2) is 15.0 Å². The number of benzene rings is 1. The molecule has 0 aliphatic carbocycles. The van der Waals surface area contributed by atoms with E-state index in [0.717, 1.165) is 22.2 Å². The minimum Gasteiger partial charge on any atom is -0.337 e. The number of aromatic amines is 1. The number of nitriles is 1. The Bertz CT molecular complexity index is 823. The van der Waals surface area contributed by atoms with E-state index in [4.69, 9.17) is 0 Å². The number of hydrogen-bond donors (Lipinski definition) is 1. The molecule has 0 aliphatic rings. The van der Waals surface area contributed by atoms with Crippen molar-refractivity contribution in [1.29, 1.82) is 5.26 Å². The molecule has 96 valence electrons. The van der Waals surface area contributed by atoms with Crippen molar-refractivity contribution in [2.24, 2.45) is 0 Å². The molecular weight excluding hydrogens is 248 g/mol. The molecular formula is C16H12N4. The topological polar surface area (TPSA) is 65.4 Å². The van der Waals surface area contributed by atoms with Crippen LogP contribution in [0.1, 0.15) is 17.0 Å². The fraction of sp³-hybridized carbons (Fsp3) is 0.0625. The number of fused-ring (bicyclic) bond motifs is 1. The predicted octanol–water partition coefficient (Wildman–Crippen LogP) is 3.33. The summed E-state index contributed by atoms with van der Waals surface area (Å²) in [5, 5.41) is 9.32. The molecule has 1 N–H and O–H groups in total. The van der Waals surface area contributed by atoms with E-state index in [2.05, 4.69) is 21.0 Å². The van der Waals surface area contributed by atoms with Gasteiger partial charge in [0.25, 0.3) is 0 Å². The summed E-state index contributed by atoms with van der Waals surface area (Å²) in [4.78, 5) is 11.7. The Labute approximate surface area is 116 Å². The Hall–Kier alpha value is -2.93. The lowest BCUT2D eigenvalue weighted by Gasteiger charge is -1.94. The number of nitrogens with one attached hydrogen (secondary N) is 1. The average Bonchev–Trinajstić information content (AvgIpc) is 2.88. The third kappa shape index (κ3) is 2.29. The molecule has 2 heterocycles. The van der Waals surface area contributed by atoms with Crippen LogP contribution in [-0.2, 0) is 0 Å². The van der Waals surface area contributed by atoms with Crippen molar-refractivity contribution in [2.45, 2.75) is 6.92 Å². The standard InChI is InChI=1S/C16H12N4/c1-11-4-5-14-15(7-11)20-16(19-14)13(9-17)8-12-3-2-6-18-10-12/h2-8,10H,1H3,(H,19,20)/b13-8-. The Morgan fingerprint density at radius 1 is 1.35 bits per heavy atom. The molecule has 4 nitrogen and oxygen atoms in total. The summed E-state index contributed by atoms with van der Waals surface area (Å²) in [6, 6.07) is 11.9. The van der Waals surface area contributed by atoms with Crippen LogP contribution in [0.2, 0.25) is 0 Å². The number of H-pyrrole nitrogens is 1. The first-order chi connectivity index (χ1) is 9.76. The Balaban J connectivity index is 2.08. The third-order valence-electron chi connectivity index (χ3n) is 3.01. The maximum atomic E-state index is 9.32. The molecule has 0 fully saturated rings. The molecule has 0 radical (unpaired) electrons. The van der Waals surface area contributed by atoms with E-state index >= 15 is 0 Å². The molecule has 0 atom stereocenters. The van der Waals surface area contributed by atoms with E-state index in [-0.39, 0.29) is 0 Å². The fourth-order valence-corrected chi connectivity index (χ4v) is 2.03. The zero-order valence-corrected chi connectivity index (χ0v) is 11.0. The van der Waals surface area contributed by atoms with Crippen molar-refractivity contribution in [3.05, 3.63) is 59.7 Å². The van der Waals surface area contributed by atoms with E-state index in [0.29, 0.717) is 11.4 Å². The molecule has 1 aromatic carbocycles. The van der Waals surface area contributed by atoms with E-state index in [9.17, 15) is 5.26 Å². The highest BCUT2D eigenvalue weighted by Crippen LogP contribution is 2.19. The lowest BCUT2D eigenvalue weighted by Crippen LogP contribution is -1.85. The highest BCUT2D eigenvalue weighted by molar-refractivity contribution is 5.90. The first-order valence-electron chi connectivity index (χ1n) is 6.25. The van der Waals surface area contributed by atoms with Crippen LogP contribution in [0.3, 0.4) is 0 Å². The summed E-state index contributed by atoms with van der Waals surface area (Å²) in [6.45, 7) is 2.02. The van der Waals surface area contributed by atoms with Gasteiger partial charge in [-0.15, -0.1) is 0 Å². The SMILES string of the molecule is Cc1ccc2nc(/C(C#N)=C\c3cccnc3)[nH]c2c1. The summed E-state index contributed by atoms with van der Waals surface area (Å²) in [6.07, 6.45) is 5.19. The number of aromatic nitrogens is 3. The van der Waals surface area contributed by atoms with Gasteiger partial charge in [0.05, 0.1) is 16.6 Å². The smallest absolute Gasteiger partial charge is 0.149 e. The second-order valence-electron chi connectivity index (χ2n) is 4.56. The number of pyridine rings is 1. The van der Waals surface area contributed by atoms with Crippen molar-refractivity contribution in [3.63, 3.8) is 0 Å². The lowest BCUT2D eigenvalue weighted by molar-refractivity contribution is 1.27. The molecule has 3 rings (SSSR count). The van der Waals surface area contributed by atoms with Gasteiger partial charge in [0, 0.05) is 12.4 Å². The van der Waals surface area contributed by atoms with Gasteiger partial charge in [-0.25, -0.2) is 4.98 Å². The Kier molecular flexibility index (Phi) is 3.02. The molecule has 0 saturated heterocycles. The maximum absolute atomic E-state index is 9.32. The molecule has 0 spiro atoms. The highest BCUT2D eigenvalue weighted by atomic mass is 14.9. The molecule has 4 heteroatoms. The largest absolute Gasteiger partial charge is 0.337 e. The summed E-state index contributed by atoms with van der Waals surface area (Å²) in [7, 11) is 0. The van der Waals surface area contributed by atoms with Crippen LogP contribution >= 0.6 is 0 Å². The summed E-state index contributed by atoms with van der Waals surface area (Å²) in [5.41, 5.74) is 4.32.